The van der Waals surface area contributed by atoms with Crippen LogP contribution < -0.4 is 5.32 Å². The van der Waals surface area contributed by atoms with Gasteiger partial charge in [-0.25, -0.2) is 4.39 Å². The van der Waals surface area contributed by atoms with E-state index in [4.69, 9.17) is 0 Å². The maximum Gasteiger partial charge on any atom is 0.227 e. The summed E-state index contributed by atoms with van der Waals surface area (Å²) in [5.74, 6) is -0.208. The fourth-order valence-electron chi connectivity index (χ4n) is 4.50. The number of hydrogen-bond donors (Lipinski definition) is 1. The van der Waals surface area contributed by atoms with E-state index in [1.807, 2.05) is 18.0 Å². The van der Waals surface area contributed by atoms with E-state index >= 15 is 0 Å². The predicted octanol–water partition coefficient (Wildman–Crippen LogP) is 3.28. The monoisotopic (exact) mass is 397 g/mol. The minimum Gasteiger partial charge on any atom is -0.342 e. The Hall–Kier alpha value is -2.24. The molecule has 3 rings (SSSR count). The molecule has 1 N–H and O–H groups in total. The number of rotatable bonds is 7. The van der Waals surface area contributed by atoms with Gasteiger partial charge in [0.05, 0.1) is 5.92 Å². The number of carbonyl (C=O) groups is 1. The number of likely N-dealkylation sites (tertiary alicyclic amines) is 1. The van der Waals surface area contributed by atoms with Gasteiger partial charge in [-0.1, -0.05) is 42.5 Å². The molecule has 156 valence electrons. The largest absolute Gasteiger partial charge is 0.342 e. The Morgan fingerprint density at radius 2 is 1.72 bits per heavy atom. The van der Waals surface area contributed by atoms with E-state index < -0.39 is 0 Å². The number of benzene rings is 2. The maximum atomic E-state index is 13.3. The molecule has 0 saturated carbocycles. The van der Waals surface area contributed by atoms with E-state index in [-0.39, 0.29) is 23.2 Å². The molecular weight excluding hydrogens is 365 g/mol. The van der Waals surface area contributed by atoms with Crippen molar-refractivity contribution < 1.29 is 9.18 Å². The third kappa shape index (κ3) is 4.85. The van der Waals surface area contributed by atoms with E-state index in [0.29, 0.717) is 13.0 Å². The first-order valence-corrected chi connectivity index (χ1v) is 10.4. The summed E-state index contributed by atoms with van der Waals surface area (Å²) in [6.45, 7) is 2.11. The predicted molar refractivity (Wildman–Crippen MR) is 115 cm³/mol. The SMILES string of the molecule is CNCC(Cc1ccc(F)cc1)C(=O)N1CCC(c2ccccc2)(N(C)C)CC1. The molecule has 29 heavy (non-hydrogen) atoms. The van der Waals surface area contributed by atoms with Crippen molar-refractivity contribution in [2.75, 3.05) is 40.8 Å². The molecule has 1 saturated heterocycles. The van der Waals surface area contributed by atoms with Crippen molar-refractivity contribution in [3.63, 3.8) is 0 Å². The van der Waals surface area contributed by atoms with Crippen LogP contribution >= 0.6 is 0 Å². The molecule has 2 aromatic rings. The zero-order valence-corrected chi connectivity index (χ0v) is 17.7. The fraction of sp³-hybridized carbons (Fsp3) is 0.458. The average Bonchev–Trinajstić information content (AvgIpc) is 2.75. The Morgan fingerprint density at radius 3 is 2.28 bits per heavy atom. The Morgan fingerprint density at radius 1 is 1.10 bits per heavy atom. The first kappa shape index (κ1) is 21.5. The van der Waals surface area contributed by atoms with Gasteiger partial charge in [-0.15, -0.1) is 0 Å². The molecule has 2 aromatic carbocycles. The third-order valence-corrected chi connectivity index (χ3v) is 6.26. The summed E-state index contributed by atoms with van der Waals surface area (Å²) in [5.41, 5.74) is 2.27. The standard InChI is InChI=1S/C24H32FN3O/c1-26-18-20(17-19-9-11-22(25)12-10-19)23(29)28-15-13-24(14-16-28,27(2)3)21-7-5-4-6-8-21/h4-12,20,26H,13-18H2,1-3H3. The molecular formula is C24H32FN3O. The van der Waals surface area contributed by atoms with Gasteiger partial charge in [-0.05, 0) is 63.7 Å². The lowest BCUT2D eigenvalue weighted by Gasteiger charge is -2.47. The Balaban J connectivity index is 1.70. The highest BCUT2D eigenvalue weighted by Crippen LogP contribution is 2.37. The highest BCUT2D eigenvalue weighted by Gasteiger charge is 2.40. The molecule has 1 fully saturated rings. The first-order valence-electron chi connectivity index (χ1n) is 10.4. The van der Waals surface area contributed by atoms with Crippen molar-refractivity contribution >= 4 is 5.91 Å². The van der Waals surface area contributed by atoms with Crippen LogP contribution in [0.3, 0.4) is 0 Å². The molecule has 1 atom stereocenters. The van der Waals surface area contributed by atoms with E-state index in [2.05, 4.69) is 48.6 Å². The summed E-state index contributed by atoms with van der Waals surface area (Å²) in [5, 5.41) is 3.15. The van der Waals surface area contributed by atoms with Crippen LogP contribution in [0.4, 0.5) is 4.39 Å². The van der Waals surface area contributed by atoms with E-state index in [9.17, 15) is 9.18 Å². The Kier molecular flexibility index (Phi) is 7.04. The van der Waals surface area contributed by atoms with E-state index in [1.165, 1.54) is 17.7 Å². The molecule has 0 bridgehead atoms. The van der Waals surface area contributed by atoms with Crippen LogP contribution in [-0.2, 0) is 16.8 Å². The zero-order valence-electron chi connectivity index (χ0n) is 17.7. The molecule has 0 radical (unpaired) electrons. The van der Waals surface area contributed by atoms with Gasteiger partial charge in [0, 0.05) is 25.2 Å². The summed E-state index contributed by atoms with van der Waals surface area (Å²) in [6, 6.07) is 17.1. The van der Waals surface area contributed by atoms with E-state index in [0.717, 1.165) is 31.5 Å². The summed E-state index contributed by atoms with van der Waals surface area (Å²) in [6.07, 6.45) is 2.45. The number of amides is 1. The van der Waals surface area contributed by atoms with Crippen LogP contribution in [0.2, 0.25) is 0 Å². The molecule has 0 aliphatic carbocycles. The normalized spacial score (nSPS) is 17.3. The maximum absolute atomic E-state index is 13.3. The molecule has 1 aliphatic rings. The number of carbonyl (C=O) groups excluding carboxylic acids is 1. The molecule has 4 nitrogen and oxygen atoms in total. The van der Waals surface area contributed by atoms with Crippen LogP contribution in [-0.4, -0.2) is 56.5 Å². The van der Waals surface area contributed by atoms with Crippen LogP contribution in [0, 0.1) is 11.7 Å². The number of nitrogens with one attached hydrogen (secondary N) is 1. The molecule has 1 aliphatic heterocycles. The quantitative estimate of drug-likeness (QED) is 0.779. The topological polar surface area (TPSA) is 35.6 Å². The van der Waals surface area contributed by atoms with Gasteiger partial charge >= 0.3 is 0 Å². The van der Waals surface area contributed by atoms with Crippen molar-refractivity contribution in [3.05, 3.63) is 71.5 Å². The van der Waals surface area contributed by atoms with Crippen LogP contribution in [0.25, 0.3) is 0 Å². The van der Waals surface area contributed by atoms with Gasteiger partial charge < -0.3 is 10.2 Å². The van der Waals surface area contributed by atoms with Crippen molar-refractivity contribution in [2.45, 2.75) is 24.8 Å². The highest BCUT2D eigenvalue weighted by atomic mass is 19.1. The number of piperidine rings is 1. The second-order valence-corrected chi connectivity index (χ2v) is 8.20. The molecule has 1 heterocycles. The van der Waals surface area contributed by atoms with Gasteiger partial charge in [-0.3, -0.25) is 9.69 Å². The first-order chi connectivity index (χ1) is 14.0. The summed E-state index contributed by atoms with van der Waals surface area (Å²) < 4.78 is 13.2. The van der Waals surface area contributed by atoms with Gasteiger partial charge in [0.2, 0.25) is 5.91 Å². The van der Waals surface area contributed by atoms with Gasteiger partial charge in [-0.2, -0.15) is 0 Å². The minimum absolute atomic E-state index is 0.0342. The molecule has 5 heteroatoms. The Bertz CT molecular complexity index is 784. The summed E-state index contributed by atoms with van der Waals surface area (Å²) >= 11 is 0. The zero-order chi connectivity index (χ0) is 20.9. The fourth-order valence-corrected chi connectivity index (χ4v) is 4.50. The van der Waals surface area contributed by atoms with Crippen LogP contribution in [0.1, 0.15) is 24.0 Å². The number of halogens is 1. The smallest absolute Gasteiger partial charge is 0.227 e. The highest BCUT2D eigenvalue weighted by molar-refractivity contribution is 5.79. The second kappa shape index (κ2) is 9.51. The summed E-state index contributed by atoms with van der Waals surface area (Å²) in [4.78, 5) is 17.6. The van der Waals surface area contributed by atoms with Crippen molar-refractivity contribution in [2.24, 2.45) is 5.92 Å². The lowest BCUT2D eigenvalue weighted by atomic mass is 9.79. The third-order valence-electron chi connectivity index (χ3n) is 6.26. The summed E-state index contributed by atoms with van der Waals surface area (Å²) in [7, 11) is 6.12. The van der Waals surface area contributed by atoms with Gasteiger partial charge in [0.1, 0.15) is 5.82 Å². The minimum atomic E-state index is -0.248. The van der Waals surface area contributed by atoms with Gasteiger partial charge in [0.25, 0.3) is 0 Å². The van der Waals surface area contributed by atoms with Crippen molar-refractivity contribution in [3.8, 4) is 0 Å². The number of hydrogen-bond acceptors (Lipinski definition) is 3. The number of nitrogens with zero attached hydrogens (tertiary/aromatic N) is 2. The Labute approximate surface area is 173 Å². The van der Waals surface area contributed by atoms with E-state index in [1.54, 1.807) is 12.1 Å². The lowest BCUT2D eigenvalue weighted by Crippen LogP contribution is -2.53. The second-order valence-electron chi connectivity index (χ2n) is 8.20. The molecule has 0 spiro atoms. The molecule has 0 aromatic heterocycles. The van der Waals surface area contributed by atoms with Crippen molar-refractivity contribution in [1.29, 1.82) is 0 Å². The van der Waals surface area contributed by atoms with Crippen LogP contribution in [0.5, 0.6) is 0 Å². The molecule has 1 unspecified atom stereocenters. The average molecular weight is 398 g/mol. The lowest BCUT2D eigenvalue weighted by molar-refractivity contribution is -0.138. The molecule has 1 amide bonds. The van der Waals surface area contributed by atoms with Crippen LogP contribution in [0.15, 0.2) is 54.6 Å². The van der Waals surface area contributed by atoms with Crippen molar-refractivity contribution in [1.82, 2.24) is 15.1 Å². The van der Waals surface area contributed by atoms with Gasteiger partial charge in [0.15, 0.2) is 0 Å².